The third-order valence-electron chi connectivity index (χ3n) is 5.91. The molecule has 1 N–H and O–H groups in total. The largest absolute Gasteiger partial charge is 0.497 e. The molecule has 0 spiro atoms. The molecule has 1 aliphatic heterocycles. The second-order valence-electron chi connectivity index (χ2n) is 8.13. The number of rotatable bonds is 7. The van der Waals surface area contributed by atoms with Crippen LogP contribution >= 0.6 is 0 Å². The smallest absolute Gasteiger partial charge is 0.270 e. The molecular formula is C26H27N5O3. The van der Waals surface area contributed by atoms with Crippen LogP contribution < -0.4 is 10.1 Å². The predicted octanol–water partition coefficient (Wildman–Crippen LogP) is 3.13. The quantitative estimate of drug-likeness (QED) is 0.459. The Labute approximate surface area is 198 Å². The van der Waals surface area contributed by atoms with Crippen LogP contribution in [-0.4, -0.2) is 71.9 Å². The highest BCUT2D eigenvalue weighted by Gasteiger charge is 2.18. The van der Waals surface area contributed by atoms with E-state index < -0.39 is 0 Å². The molecule has 8 nitrogen and oxygen atoms in total. The molecule has 34 heavy (non-hydrogen) atoms. The summed E-state index contributed by atoms with van der Waals surface area (Å²) in [7, 11) is 1.63. The van der Waals surface area contributed by atoms with Gasteiger partial charge in [0.15, 0.2) is 5.65 Å². The summed E-state index contributed by atoms with van der Waals surface area (Å²) in [6.45, 7) is 4.56. The summed E-state index contributed by atoms with van der Waals surface area (Å²) in [6, 6.07) is 21.2. The van der Waals surface area contributed by atoms with E-state index in [2.05, 4.69) is 10.2 Å². The van der Waals surface area contributed by atoms with Crippen molar-refractivity contribution in [3.05, 3.63) is 72.4 Å². The number of hydrogen-bond donors (Lipinski definition) is 1. The zero-order chi connectivity index (χ0) is 23.3. The summed E-state index contributed by atoms with van der Waals surface area (Å²) in [6.07, 6.45) is 0. The third-order valence-corrected chi connectivity index (χ3v) is 5.91. The number of aromatic nitrogens is 3. The van der Waals surface area contributed by atoms with E-state index in [0.717, 1.165) is 55.4 Å². The van der Waals surface area contributed by atoms with Crippen LogP contribution in [0.25, 0.3) is 28.2 Å². The van der Waals surface area contributed by atoms with Gasteiger partial charge in [-0.1, -0.05) is 42.5 Å². The lowest BCUT2D eigenvalue weighted by Gasteiger charge is -2.26. The standard InChI is InChI=1S/C26H27N5O3/c1-33-21-9-5-8-20(16-21)22-17-24(26(32)27-10-11-30-12-14-34-15-13-30)31-25(28-22)18-23(29-31)19-6-3-2-4-7-19/h2-9,16-18H,10-15H2,1H3,(H,27,32). The third kappa shape index (κ3) is 4.78. The molecule has 1 aliphatic rings. The Balaban J connectivity index is 1.49. The Morgan fingerprint density at radius 3 is 2.59 bits per heavy atom. The first kappa shape index (κ1) is 22.1. The SMILES string of the molecule is COc1cccc(-c2cc(C(=O)NCCN3CCOCC3)n3nc(-c4ccccc4)cc3n2)c1. The molecular weight excluding hydrogens is 430 g/mol. The molecule has 1 fully saturated rings. The number of morpholine rings is 1. The monoisotopic (exact) mass is 457 g/mol. The van der Waals surface area contributed by atoms with Crippen LogP contribution in [0.3, 0.4) is 0 Å². The number of hydrogen-bond acceptors (Lipinski definition) is 6. The molecule has 2 aromatic heterocycles. The molecule has 5 rings (SSSR count). The predicted molar refractivity (Wildman–Crippen MR) is 130 cm³/mol. The molecule has 2 aromatic carbocycles. The van der Waals surface area contributed by atoms with Crippen LogP contribution in [0.4, 0.5) is 0 Å². The van der Waals surface area contributed by atoms with Crippen LogP contribution in [0.15, 0.2) is 66.7 Å². The van der Waals surface area contributed by atoms with Gasteiger partial charge in [0.05, 0.1) is 31.7 Å². The number of methoxy groups -OCH3 is 1. The Hall–Kier alpha value is -3.75. The van der Waals surface area contributed by atoms with Gasteiger partial charge in [-0.05, 0) is 18.2 Å². The highest BCUT2D eigenvalue weighted by atomic mass is 16.5. The fraction of sp³-hybridized carbons (Fsp3) is 0.269. The van der Waals surface area contributed by atoms with Crippen LogP contribution in [0.5, 0.6) is 5.75 Å². The van der Waals surface area contributed by atoms with Crippen molar-refractivity contribution in [3.8, 4) is 28.3 Å². The fourth-order valence-corrected chi connectivity index (χ4v) is 4.06. The van der Waals surface area contributed by atoms with E-state index in [1.54, 1.807) is 17.7 Å². The van der Waals surface area contributed by atoms with E-state index in [0.29, 0.717) is 23.6 Å². The van der Waals surface area contributed by atoms with Crippen molar-refractivity contribution in [2.24, 2.45) is 0 Å². The highest BCUT2D eigenvalue weighted by Crippen LogP contribution is 2.26. The van der Waals surface area contributed by atoms with Crippen LogP contribution in [0.2, 0.25) is 0 Å². The van der Waals surface area contributed by atoms with Crippen molar-refractivity contribution in [3.63, 3.8) is 0 Å². The number of ether oxygens (including phenoxy) is 2. The van der Waals surface area contributed by atoms with Gasteiger partial charge < -0.3 is 14.8 Å². The molecule has 0 atom stereocenters. The minimum Gasteiger partial charge on any atom is -0.497 e. The maximum atomic E-state index is 13.3. The van der Waals surface area contributed by atoms with Crippen molar-refractivity contribution in [2.75, 3.05) is 46.5 Å². The lowest BCUT2D eigenvalue weighted by molar-refractivity contribution is 0.0383. The maximum absolute atomic E-state index is 13.3. The Kier molecular flexibility index (Phi) is 6.51. The van der Waals surface area contributed by atoms with Crippen molar-refractivity contribution >= 4 is 11.6 Å². The average molecular weight is 458 g/mol. The van der Waals surface area contributed by atoms with Gasteiger partial charge in [-0.15, -0.1) is 0 Å². The number of benzene rings is 2. The van der Waals surface area contributed by atoms with Gasteiger partial charge in [-0.3, -0.25) is 9.69 Å². The average Bonchev–Trinajstić information content (AvgIpc) is 3.33. The highest BCUT2D eigenvalue weighted by molar-refractivity contribution is 5.94. The molecule has 0 aliphatic carbocycles. The Morgan fingerprint density at radius 2 is 1.79 bits per heavy atom. The first-order valence-corrected chi connectivity index (χ1v) is 11.4. The summed E-state index contributed by atoms with van der Waals surface area (Å²) in [4.78, 5) is 20.4. The van der Waals surface area contributed by atoms with Crippen molar-refractivity contribution in [1.29, 1.82) is 0 Å². The van der Waals surface area contributed by atoms with Crippen LogP contribution in [0, 0.1) is 0 Å². The molecule has 0 saturated carbocycles. The molecule has 3 heterocycles. The molecule has 1 saturated heterocycles. The van der Waals surface area contributed by atoms with Crippen molar-refractivity contribution in [2.45, 2.75) is 0 Å². The maximum Gasteiger partial charge on any atom is 0.270 e. The molecule has 0 unspecified atom stereocenters. The lowest BCUT2D eigenvalue weighted by Crippen LogP contribution is -2.41. The molecule has 1 amide bonds. The number of amides is 1. The molecule has 0 radical (unpaired) electrons. The number of fused-ring (bicyclic) bond motifs is 1. The van der Waals surface area contributed by atoms with Gasteiger partial charge in [-0.2, -0.15) is 5.10 Å². The second kappa shape index (κ2) is 10.0. The van der Waals surface area contributed by atoms with E-state index >= 15 is 0 Å². The van der Waals surface area contributed by atoms with Crippen molar-refractivity contribution in [1.82, 2.24) is 24.8 Å². The zero-order valence-corrected chi connectivity index (χ0v) is 19.1. The van der Waals surface area contributed by atoms with Gasteiger partial charge in [0.1, 0.15) is 11.4 Å². The topological polar surface area (TPSA) is 81.0 Å². The summed E-state index contributed by atoms with van der Waals surface area (Å²) >= 11 is 0. The van der Waals surface area contributed by atoms with Gasteiger partial charge in [0.2, 0.25) is 0 Å². The number of nitrogens with zero attached hydrogens (tertiary/aromatic N) is 4. The molecule has 8 heteroatoms. The summed E-state index contributed by atoms with van der Waals surface area (Å²) in [5, 5.41) is 7.77. The lowest BCUT2D eigenvalue weighted by atomic mass is 10.1. The summed E-state index contributed by atoms with van der Waals surface area (Å²) < 4.78 is 12.4. The Bertz CT molecular complexity index is 1280. The minimum absolute atomic E-state index is 0.187. The normalized spacial score (nSPS) is 14.3. The zero-order valence-electron chi connectivity index (χ0n) is 19.1. The van der Waals surface area contributed by atoms with E-state index in [1.165, 1.54) is 0 Å². The van der Waals surface area contributed by atoms with E-state index in [-0.39, 0.29) is 5.91 Å². The van der Waals surface area contributed by atoms with Gasteiger partial charge in [0.25, 0.3) is 5.91 Å². The number of nitrogens with one attached hydrogen (secondary N) is 1. The van der Waals surface area contributed by atoms with Crippen LogP contribution in [0.1, 0.15) is 10.5 Å². The van der Waals surface area contributed by atoms with E-state index in [4.69, 9.17) is 19.6 Å². The molecule has 0 bridgehead atoms. The van der Waals surface area contributed by atoms with E-state index in [1.807, 2.05) is 60.7 Å². The minimum atomic E-state index is -0.187. The first-order valence-electron chi connectivity index (χ1n) is 11.4. The van der Waals surface area contributed by atoms with Gasteiger partial charge >= 0.3 is 0 Å². The second-order valence-corrected chi connectivity index (χ2v) is 8.13. The summed E-state index contributed by atoms with van der Waals surface area (Å²) in [5.74, 6) is 0.543. The van der Waals surface area contributed by atoms with E-state index in [9.17, 15) is 4.79 Å². The summed E-state index contributed by atoms with van der Waals surface area (Å²) in [5.41, 5.74) is 4.33. The number of carbonyl (C=O) groups excluding carboxylic acids is 1. The Morgan fingerprint density at radius 1 is 1.00 bits per heavy atom. The first-order chi connectivity index (χ1) is 16.7. The fourth-order valence-electron chi connectivity index (χ4n) is 4.06. The van der Waals surface area contributed by atoms with Crippen molar-refractivity contribution < 1.29 is 14.3 Å². The molecule has 174 valence electrons. The van der Waals surface area contributed by atoms with Crippen LogP contribution in [-0.2, 0) is 4.74 Å². The molecule has 4 aromatic rings. The van der Waals surface area contributed by atoms with Gasteiger partial charge in [0, 0.05) is 43.4 Å². The number of carbonyl (C=O) groups is 1. The van der Waals surface area contributed by atoms with Gasteiger partial charge in [-0.25, -0.2) is 9.50 Å².